The number of primary amides is 1. The Morgan fingerprint density at radius 3 is 2.44 bits per heavy atom. The Kier molecular flexibility index (Phi) is 4.89. The number of ether oxygens (including phenoxy) is 3. The number of nitrogens with two attached hydrogens (primary N) is 2. The fourth-order valence-corrected chi connectivity index (χ4v) is 2.69. The van der Waals surface area contributed by atoms with Crippen LogP contribution in [0.5, 0.6) is 17.2 Å². The van der Waals surface area contributed by atoms with E-state index in [0.717, 1.165) is 5.56 Å². The topological polar surface area (TPSA) is 130 Å². The van der Waals surface area contributed by atoms with E-state index >= 15 is 0 Å². The number of rotatable bonds is 6. The van der Waals surface area contributed by atoms with Crippen LogP contribution in [-0.4, -0.2) is 31.1 Å². The van der Waals surface area contributed by atoms with Crippen molar-refractivity contribution in [2.45, 2.75) is 6.42 Å². The summed E-state index contributed by atoms with van der Waals surface area (Å²) >= 11 is 0. The number of fused-ring (bicyclic) bond motifs is 1. The number of esters is 1. The van der Waals surface area contributed by atoms with Crippen LogP contribution in [0.25, 0.3) is 10.9 Å². The molecule has 8 heteroatoms. The van der Waals surface area contributed by atoms with Crippen molar-refractivity contribution in [2.75, 3.05) is 20.0 Å². The van der Waals surface area contributed by atoms with Gasteiger partial charge < -0.3 is 30.7 Å². The number of hydrogen-bond acceptors (Lipinski definition) is 6. The molecule has 0 atom stereocenters. The number of carbonyl (C=O) groups excluding carboxylic acids is 2. The number of amides is 1. The van der Waals surface area contributed by atoms with Crippen LogP contribution in [0.2, 0.25) is 0 Å². The molecule has 0 saturated carbocycles. The Balaban J connectivity index is 1.93. The van der Waals surface area contributed by atoms with Crippen LogP contribution in [0, 0.1) is 0 Å². The molecule has 3 aromatic rings. The molecular weight excluding hydrogens is 350 g/mol. The number of aromatic amines is 1. The smallest absolute Gasteiger partial charge is 0.309 e. The van der Waals surface area contributed by atoms with Crippen molar-refractivity contribution >= 4 is 28.5 Å². The second-order valence-corrected chi connectivity index (χ2v) is 5.83. The van der Waals surface area contributed by atoms with Gasteiger partial charge in [-0.2, -0.15) is 0 Å². The van der Waals surface area contributed by atoms with E-state index in [1.807, 2.05) is 0 Å². The monoisotopic (exact) mass is 369 g/mol. The summed E-state index contributed by atoms with van der Waals surface area (Å²) in [7, 11) is 2.84. The zero-order valence-electron chi connectivity index (χ0n) is 14.9. The molecule has 8 nitrogen and oxygen atoms in total. The highest BCUT2D eigenvalue weighted by atomic mass is 16.5. The summed E-state index contributed by atoms with van der Waals surface area (Å²) in [6.45, 7) is 0. The van der Waals surface area contributed by atoms with Gasteiger partial charge in [-0.3, -0.25) is 9.59 Å². The Labute approximate surface area is 155 Å². The van der Waals surface area contributed by atoms with Gasteiger partial charge in [-0.1, -0.05) is 6.07 Å². The van der Waals surface area contributed by atoms with Gasteiger partial charge in [0.2, 0.25) is 0 Å². The van der Waals surface area contributed by atoms with Crippen molar-refractivity contribution in [1.82, 2.24) is 4.98 Å². The Morgan fingerprint density at radius 2 is 1.78 bits per heavy atom. The predicted molar refractivity (Wildman–Crippen MR) is 100 cm³/mol. The lowest BCUT2D eigenvalue weighted by Gasteiger charge is -2.13. The molecule has 3 rings (SSSR count). The van der Waals surface area contributed by atoms with Crippen LogP contribution in [0.3, 0.4) is 0 Å². The van der Waals surface area contributed by atoms with Gasteiger partial charge >= 0.3 is 5.97 Å². The molecular formula is C19H19N3O5. The molecule has 0 aliphatic carbocycles. The van der Waals surface area contributed by atoms with E-state index in [2.05, 4.69) is 9.72 Å². The molecule has 0 unspecified atom stereocenters. The lowest BCUT2D eigenvalue weighted by atomic mass is 10.1. The van der Waals surface area contributed by atoms with Crippen LogP contribution < -0.4 is 20.9 Å². The number of hydrogen-bond donors (Lipinski definition) is 3. The van der Waals surface area contributed by atoms with Gasteiger partial charge in [0.05, 0.1) is 26.3 Å². The largest absolute Gasteiger partial charge is 0.493 e. The third kappa shape index (κ3) is 3.64. The first-order valence-corrected chi connectivity index (χ1v) is 8.05. The van der Waals surface area contributed by atoms with Crippen LogP contribution in [0.4, 0.5) is 5.69 Å². The molecule has 5 N–H and O–H groups in total. The summed E-state index contributed by atoms with van der Waals surface area (Å²) in [6.07, 6.45) is 0.125. The second kappa shape index (κ2) is 7.28. The summed E-state index contributed by atoms with van der Waals surface area (Å²) in [4.78, 5) is 25.7. The summed E-state index contributed by atoms with van der Waals surface area (Å²) < 4.78 is 15.9. The van der Waals surface area contributed by atoms with E-state index in [4.69, 9.17) is 20.9 Å². The standard InChI is InChI=1S/C19H19N3O5/c1-25-16-7-10(8-17(23)26-2)3-5-14(16)27-15-6-4-12-11(18(15)20)9-13(22-12)19(21)24/h3-7,9,22H,8,20H2,1-2H3,(H2,21,24). The normalized spacial score (nSPS) is 10.6. The van der Waals surface area contributed by atoms with E-state index in [1.165, 1.54) is 14.2 Å². The third-order valence-electron chi connectivity index (χ3n) is 4.09. The molecule has 0 bridgehead atoms. The first-order chi connectivity index (χ1) is 12.9. The minimum absolute atomic E-state index is 0.125. The number of nitrogens with one attached hydrogen (secondary N) is 1. The lowest BCUT2D eigenvalue weighted by Crippen LogP contribution is -2.10. The zero-order chi connectivity index (χ0) is 19.6. The maximum Gasteiger partial charge on any atom is 0.309 e. The van der Waals surface area contributed by atoms with Gasteiger partial charge in [0, 0.05) is 10.9 Å². The molecule has 1 aromatic heterocycles. The highest BCUT2D eigenvalue weighted by Gasteiger charge is 2.15. The quantitative estimate of drug-likeness (QED) is 0.452. The maximum atomic E-state index is 11.4. The van der Waals surface area contributed by atoms with Crippen molar-refractivity contribution in [3.8, 4) is 17.2 Å². The van der Waals surface area contributed by atoms with Crippen molar-refractivity contribution < 1.29 is 23.8 Å². The average Bonchev–Trinajstić information content (AvgIpc) is 3.10. The number of benzene rings is 2. The van der Waals surface area contributed by atoms with Crippen molar-refractivity contribution in [3.63, 3.8) is 0 Å². The lowest BCUT2D eigenvalue weighted by molar-refractivity contribution is -0.139. The molecule has 0 radical (unpaired) electrons. The Bertz CT molecular complexity index is 1030. The van der Waals surface area contributed by atoms with Crippen LogP contribution >= 0.6 is 0 Å². The fourth-order valence-electron chi connectivity index (χ4n) is 2.69. The number of H-pyrrole nitrogens is 1. The second-order valence-electron chi connectivity index (χ2n) is 5.83. The van der Waals surface area contributed by atoms with E-state index in [0.29, 0.717) is 33.8 Å². The molecule has 1 amide bonds. The molecule has 140 valence electrons. The summed E-state index contributed by atoms with van der Waals surface area (Å²) in [6, 6.07) is 10.1. The highest BCUT2D eigenvalue weighted by molar-refractivity contribution is 6.02. The van der Waals surface area contributed by atoms with Gasteiger partial charge in [0.25, 0.3) is 5.91 Å². The van der Waals surface area contributed by atoms with Gasteiger partial charge in [0.1, 0.15) is 5.69 Å². The highest BCUT2D eigenvalue weighted by Crippen LogP contribution is 2.38. The molecule has 0 saturated heterocycles. The first-order valence-electron chi connectivity index (χ1n) is 8.05. The SMILES string of the molecule is COC(=O)Cc1ccc(Oc2ccc3[nH]c(C(N)=O)cc3c2N)c(OC)c1. The zero-order valence-corrected chi connectivity index (χ0v) is 14.9. The molecule has 1 heterocycles. The van der Waals surface area contributed by atoms with E-state index in [1.54, 1.807) is 36.4 Å². The number of aromatic nitrogens is 1. The van der Waals surface area contributed by atoms with Gasteiger partial charge in [0.15, 0.2) is 17.2 Å². The first kappa shape index (κ1) is 18.1. The van der Waals surface area contributed by atoms with E-state index in [-0.39, 0.29) is 18.1 Å². The average molecular weight is 369 g/mol. The van der Waals surface area contributed by atoms with Crippen LogP contribution in [0.1, 0.15) is 16.1 Å². The van der Waals surface area contributed by atoms with Crippen LogP contribution in [-0.2, 0) is 16.0 Å². The maximum absolute atomic E-state index is 11.4. The van der Waals surface area contributed by atoms with E-state index < -0.39 is 5.91 Å². The summed E-state index contributed by atoms with van der Waals surface area (Å²) in [5.74, 6) is 0.358. The molecule has 0 aliphatic heterocycles. The van der Waals surface area contributed by atoms with Crippen LogP contribution in [0.15, 0.2) is 36.4 Å². The van der Waals surface area contributed by atoms with Crippen molar-refractivity contribution in [1.29, 1.82) is 0 Å². The van der Waals surface area contributed by atoms with Crippen molar-refractivity contribution in [3.05, 3.63) is 47.7 Å². The third-order valence-corrected chi connectivity index (χ3v) is 4.09. The number of carbonyl (C=O) groups is 2. The Morgan fingerprint density at radius 1 is 1.04 bits per heavy atom. The Hall–Kier alpha value is -3.68. The fraction of sp³-hybridized carbons (Fsp3) is 0.158. The summed E-state index contributed by atoms with van der Waals surface area (Å²) in [5.41, 5.74) is 13.5. The molecule has 2 aromatic carbocycles. The summed E-state index contributed by atoms with van der Waals surface area (Å²) in [5, 5.41) is 0.627. The number of anilines is 1. The minimum Gasteiger partial charge on any atom is -0.493 e. The molecule has 27 heavy (non-hydrogen) atoms. The minimum atomic E-state index is -0.573. The van der Waals surface area contributed by atoms with Gasteiger partial charge in [-0.25, -0.2) is 0 Å². The molecule has 0 aliphatic rings. The van der Waals surface area contributed by atoms with Gasteiger partial charge in [-0.15, -0.1) is 0 Å². The van der Waals surface area contributed by atoms with E-state index in [9.17, 15) is 9.59 Å². The molecule has 0 fully saturated rings. The van der Waals surface area contributed by atoms with Gasteiger partial charge in [-0.05, 0) is 35.9 Å². The number of methoxy groups -OCH3 is 2. The molecule has 0 spiro atoms. The van der Waals surface area contributed by atoms with Crippen molar-refractivity contribution in [2.24, 2.45) is 5.73 Å². The predicted octanol–water partition coefficient (Wildman–Crippen LogP) is 2.37. The number of nitrogen functional groups attached to an aromatic ring is 1.